The van der Waals surface area contributed by atoms with Crippen LogP contribution in [-0.4, -0.2) is 52.9 Å². The number of hydrogen-bond donors (Lipinski definition) is 1. The molecule has 1 atom stereocenters. The molecule has 0 spiro atoms. The topological polar surface area (TPSA) is 93.5 Å². The number of benzene rings is 2. The zero-order valence-corrected chi connectivity index (χ0v) is 22.8. The summed E-state index contributed by atoms with van der Waals surface area (Å²) in [5.74, 6) is -1.17. The summed E-state index contributed by atoms with van der Waals surface area (Å²) in [6, 6.07) is 9.46. The summed E-state index contributed by atoms with van der Waals surface area (Å²) in [5, 5.41) is 4.12. The summed E-state index contributed by atoms with van der Waals surface area (Å²) >= 11 is 1.24. The van der Waals surface area contributed by atoms with E-state index in [2.05, 4.69) is 19.6 Å². The molecule has 5 rings (SSSR count). The Labute approximate surface area is 238 Å². The number of halogens is 6. The van der Waals surface area contributed by atoms with Crippen molar-refractivity contribution in [2.24, 2.45) is 5.92 Å². The number of likely N-dealkylation sites (tertiary alicyclic amines) is 1. The fraction of sp³-hybridized carbons (Fsp3) is 0.370. The minimum Gasteiger partial charge on any atom is -0.496 e. The quantitative estimate of drug-likeness (QED) is 0.225. The summed E-state index contributed by atoms with van der Waals surface area (Å²) < 4.78 is 94.4. The third kappa shape index (κ3) is 6.78. The molecule has 2 aromatic heterocycles. The number of thiazole rings is 1. The van der Waals surface area contributed by atoms with E-state index >= 15 is 0 Å². The van der Waals surface area contributed by atoms with Gasteiger partial charge in [0, 0.05) is 31.1 Å². The molecule has 8 nitrogen and oxygen atoms in total. The van der Waals surface area contributed by atoms with Crippen LogP contribution in [0.2, 0.25) is 0 Å². The van der Waals surface area contributed by atoms with E-state index in [0.717, 1.165) is 12.1 Å². The highest BCUT2D eigenvalue weighted by Crippen LogP contribution is 2.36. The van der Waals surface area contributed by atoms with Gasteiger partial charge in [-0.1, -0.05) is 17.3 Å². The molecule has 15 heteroatoms. The number of aromatic nitrogens is 3. The number of rotatable bonds is 9. The zero-order chi connectivity index (χ0) is 30.1. The Bertz CT molecular complexity index is 1580. The maximum atomic E-state index is 13.1. The standard InChI is InChI=1S/C27H24F6N4O4S/c1-39-21-12-18(6-7-19(21)23-35-25(38)41-36-23)40-14-22-20(9-11-37-10-8-17(13-37)27(31,32)33)34-24(42-22)15-2-4-16(5-3-15)26(28,29)30/h2-7,12,17H,8-11,13-14H2,1H3,(H,35,36,38). The van der Waals surface area contributed by atoms with Crippen molar-refractivity contribution in [1.82, 2.24) is 20.0 Å². The van der Waals surface area contributed by atoms with Gasteiger partial charge in [-0.25, -0.2) is 9.78 Å². The Balaban J connectivity index is 1.35. The summed E-state index contributed by atoms with van der Waals surface area (Å²) in [5.41, 5.74) is 0.744. The van der Waals surface area contributed by atoms with Gasteiger partial charge >= 0.3 is 18.1 Å². The molecule has 3 heterocycles. The van der Waals surface area contributed by atoms with Crippen LogP contribution in [0.15, 0.2) is 51.8 Å². The van der Waals surface area contributed by atoms with Crippen LogP contribution in [0.5, 0.6) is 11.5 Å². The van der Waals surface area contributed by atoms with Gasteiger partial charge in [0.1, 0.15) is 23.1 Å². The highest BCUT2D eigenvalue weighted by molar-refractivity contribution is 7.15. The van der Waals surface area contributed by atoms with E-state index in [0.29, 0.717) is 57.7 Å². The maximum Gasteiger partial charge on any atom is 0.439 e. The van der Waals surface area contributed by atoms with Crippen molar-refractivity contribution in [3.8, 4) is 33.5 Å². The summed E-state index contributed by atoms with van der Waals surface area (Å²) in [4.78, 5) is 20.8. The number of aromatic amines is 1. The van der Waals surface area contributed by atoms with Gasteiger partial charge in [-0.15, -0.1) is 11.3 Å². The Morgan fingerprint density at radius 2 is 1.88 bits per heavy atom. The Morgan fingerprint density at radius 1 is 1.12 bits per heavy atom. The predicted octanol–water partition coefficient (Wildman–Crippen LogP) is 6.19. The van der Waals surface area contributed by atoms with E-state index in [9.17, 15) is 31.1 Å². The average molecular weight is 615 g/mol. The highest BCUT2D eigenvalue weighted by atomic mass is 32.1. The van der Waals surface area contributed by atoms with Gasteiger partial charge in [0.25, 0.3) is 0 Å². The highest BCUT2D eigenvalue weighted by Gasteiger charge is 2.43. The first kappa shape index (κ1) is 29.6. The molecule has 42 heavy (non-hydrogen) atoms. The van der Waals surface area contributed by atoms with Crippen LogP contribution in [-0.2, 0) is 19.2 Å². The smallest absolute Gasteiger partial charge is 0.439 e. The van der Waals surface area contributed by atoms with Crippen LogP contribution in [0.4, 0.5) is 26.3 Å². The zero-order valence-electron chi connectivity index (χ0n) is 22.0. The van der Waals surface area contributed by atoms with Crippen molar-refractivity contribution in [1.29, 1.82) is 0 Å². The molecule has 1 saturated heterocycles. The van der Waals surface area contributed by atoms with E-state index in [1.807, 2.05) is 0 Å². The Morgan fingerprint density at radius 3 is 2.50 bits per heavy atom. The predicted molar refractivity (Wildman–Crippen MR) is 140 cm³/mol. The van der Waals surface area contributed by atoms with Crippen LogP contribution in [0.3, 0.4) is 0 Å². The van der Waals surface area contributed by atoms with Gasteiger partial charge in [0.15, 0.2) is 5.82 Å². The number of hydrogen-bond acceptors (Lipinski definition) is 8. The minimum atomic E-state index is -4.48. The second kappa shape index (κ2) is 11.8. The fourth-order valence-corrected chi connectivity index (χ4v) is 5.66. The van der Waals surface area contributed by atoms with E-state index in [1.165, 1.54) is 30.6 Å². The fourth-order valence-electron chi connectivity index (χ4n) is 4.64. The van der Waals surface area contributed by atoms with Gasteiger partial charge in [-0.2, -0.15) is 26.3 Å². The lowest BCUT2D eigenvalue weighted by Gasteiger charge is -2.17. The van der Waals surface area contributed by atoms with Crippen molar-refractivity contribution in [3.63, 3.8) is 0 Å². The minimum absolute atomic E-state index is 0.0351. The first-order chi connectivity index (χ1) is 19.9. The molecule has 0 bridgehead atoms. The second-order valence-electron chi connectivity index (χ2n) is 9.64. The van der Waals surface area contributed by atoms with Crippen molar-refractivity contribution in [2.75, 3.05) is 26.7 Å². The van der Waals surface area contributed by atoms with Crippen molar-refractivity contribution in [3.05, 3.63) is 69.1 Å². The molecule has 0 amide bonds. The molecule has 2 aromatic carbocycles. The molecule has 1 fully saturated rings. The monoisotopic (exact) mass is 614 g/mol. The molecule has 1 N–H and O–H groups in total. The lowest BCUT2D eigenvalue weighted by atomic mass is 10.1. The van der Waals surface area contributed by atoms with E-state index in [-0.39, 0.29) is 25.4 Å². The SMILES string of the molecule is COc1cc(OCc2sc(-c3ccc(C(F)(F)F)cc3)nc2CCN2CCC(C(F)(F)F)C2)ccc1-c1noc(=O)[nH]1. The molecule has 224 valence electrons. The van der Waals surface area contributed by atoms with Gasteiger partial charge < -0.3 is 14.4 Å². The van der Waals surface area contributed by atoms with Crippen molar-refractivity contribution < 1.29 is 40.3 Å². The first-order valence-electron chi connectivity index (χ1n) is 12.7. The number of H-pyrrole nitrogens is 1. The third-order valence-electron chi connectivity index (χ3n) is 6.88. The molecule has 4 aromatic rings. The molecular formula is C27H24F6N4O4S. The van der Waals surface area contributed by atoms with E-state index in [4.69, 9.17) is 9.47 Å². The van der Waals surface area contributed by atoms with Crippen LogP contribution in [0.1, 0.15) is 22.6 Å². The second-order valence-corrected chi connectivity index (χ2v) is 10.7. The Kier molecular flexibility index (Phi) is 8.32. The molecule has 0 saturated carbocycles. The van der Waals surface area contributed by atoms with Gasteiger partial charge in [0.2, 0.25) is 0 Å². The molecule has 1 unspecified atom stereocenters. The van der Waals surface area contributed by atoms with Crippen molar-refractivity contribution >= 4 is 11.3 Å². The molecule has 0 aliphatic carbocycles. The maximum absolute atomic E-state index is 13.1. The van der Waals surface area contributed by atoms with Crippen LogP contribution < -0.4 is 15.2 Å². The number of nitrogens with zero attached hydrogens (tertiary/aromatic N) is 3. The lowest BCUT2D eigenvalue weighted by Crippen LogP contribution is -2.29. The lowest BCUT2D eigenvalue weighted by molar-refractivity contribution is -0.170. The van der Waals surface area contributed by atoms with Crippen molar-refractivity contribution in [2.45, 2.75) is 31.8 Å². The third-order valence-corrected chi connectivity index (χ3v) is 8.00. The summed E-state index contributed by atoms with van der Waals surface area (Å²) in [6.45, 7) is 0.610. The molecular weight excluding hydrogens is 590 g/mol. The van der Waals surface area contributed by atoms with E-state index < -0.39 is 29.6 Å². The van der Waals surface area contributed by atoms with E-state index in [1.54, 1.807) is 23.1 Å². The molecule has 1 aliphatic rings. The summed E-state index contributed by atoms with van der Waals surface area (Å²) in [6.07, 6.45) is -8.35. The van der Waals surface area contributed by atoms with Crippen LogP contribution >= 0.6 is 11.3 Å². The van der Waals surface area contributed by atoms with Crippen LogP contribution in [0, 0.1) is 5.92 Å². The molecule has 1 aliphatic heterocycles. The van der Waals surface area contributed by atoms with Gasteiger partial charge in [0.05, 0.1) is 34.7 Å². The van der Waals surface area contributed by atoms with Gasteiger partial charge in [-0.05, 0) is 37.2 Å². The average Bonchev–Trinajstić information content (AvgIpc) is 3.70. The van der Waals surface area contributed by atoms with Crippen LogP contribution in [0.25, 0.3) is 22.0 Å². The summed E-state index contributed by atoms with van der Waals surface area (Å²) in [7, 11) is 1.43. The Hall–Kier alpha value is -3.85. The number of nitrogens with one attached hydrogen (secondary N) is 1. The van der Waals surface area contributed by atoms with Gasteiger partial charge in [-0.3, -0.25) is 9.51 Å². The first-order valence-corrected chi connectivity index (χ1v) is 13.5. The number of alkyl halides is 6. The number of ether oxygens (including phenoxy) is 2. The normalized spacial score (nSPS) is 16.2. The largest absolute Gasteiger partial charge is 0.496 e. The number of methoxy groups -OCH3 is 1. The molecule has 0 radical (unpaired) electrons.